The molecule has 3 aromatic rings. The zero-order valence-corrected chi connectivity index (χ0v) is 15.5. The number of hydrazine groups is 1. The lowest BCUT2D eigenvalue weighted by Crippen LogP contribution is -2.45. The lowest BCUT2D eigenvalue weighted by atomic mass is 10.1. The molecular weight excluding hydrogens is 401 g/mol. The van der Waals surface area contributed by atoms with Crippen LogP contribution in [0.5, 0.6) is 5.75 Å². The van der Waals surface area contributed by atoms with Gasteiger partial charge in [-0.25, -0.2) is 0 Å². The van der Waals surface area contributed by atoms with Crippen LogP contribution in [0.15, 0.2) is 66.9 Å². The number of para-hydroxylation sites is 1. The molecule has 0 fully saturated rings. The van der Waals surface area contributed by atoms with Gasteiger partial charge < -0.3 is 4.74 Å². The van der Waals surface area contributed by atoms with Crippen molar-refractivity contribution in [3.05, 3.63) is 72.6 Å². The highest BCUT2D eigenvalue weighted by molar-refractivity contribution is 5.82. The number of benzene rings is 2. The van der Waals surface area contributed by atoms with Crippen molar-refractivity contribution in [1.29, 1.82) is 0 Å². The Kier molecular flexibility index (Phi) is 6.35. The van der Waals surface area contributed by atoms with E-state index in [-0.39, 0.29) is 6.61 Å². The molecule has 2 N–H and O–H groups in total. The first-order chi connectivity index (χ1) is 14.3. The van der Waals surface area contributed by atoms with Crippen LogP contribution in [0.3, 0.4) is 0 Å². The lowest BCUT2D eigenvalue weighted by molar-refractivity contribution is -0.141. The minimum Gasteiger partial charge on any atom is -0.483 e. The van der Waals surface area contributed by atoms with Gasteiger partial charge in [0.1, 0.15) is 12.3 Å². The summed E-state index contributed by atoms with van der Waals surface area (Å²) in [6.07, 6.45) is -3.57. The molecule has 0 saturated heterocycles. The summed E-state index contributed by atoms with van der Waals surface area (Å²) in [5.41, 5.74) is 4.85. The van der Waals surface area contributed by atoms with E-state index in [1.165, 1.54) is 0 Å². The minimum absolute atomic E-state index is 0.371. The van der Waals surface area contributed by atoms with Crippen LogP contribution in [0.4, 0.5) is 13.2 Å². The number of carbonyl (C=O) groups excluding carboxylic acids is 2. The number of rotatable bonds is 6. The Hall–Kier alpha value is -3.82. The van der Waals surface area contributed by atoms with Crippen LogP contribution in [0.25, 0.3) is 11.1 Å². The van der Waals surface area contributed by atoms with Crippen LogP contribution in [-0.2, 0) is 22.3 Å². The van der Waals surface area contributed by atoms with Gasteiger partial charge in [-0.3, -0.25) is 25.1 Å². The first-order valence-corrected chi connectivity index (χ1v) is 8.78. The summed E-state index contributed by atoms with van der Waals surface area (Å²) in [5, 5.41) is 3.26. The summed E-state index contributed by atoms with van der Waals surface area (Å²) in [7, 11) is 0. The summed E-state index contributed by atoms with van der Waals surface area (Å²) in [6, 6.07) is 17.4. The van der Waals surface area contributed by atoms with E-state index in [1.54, 1.807) is 12.1 Å². The maximum absolute atomic E-state index is 12.5. The molecule has 0 spiro atoms. The molecule has 0 aliphatic rings. The Balaban J connectivity index is 1.49. The molecule has 0 aliphatic heterocycles. The maximum Gasteiger partial charge on any atom is 0.435 e. The predicted molar refractivity (Wildman–Crippen MR) is 101 cm³/mol. The van der Waals surface area contributed by atoms with Gasteiger partial charge >= 0.3 is 6.18 Å². The van der Waals surface area contributed by atoms with Crippen LogP contribution >= 0.6 is 0 Å². The number of hydrogen-bond acceptors (Lipinski definition) is 4. The van der Waals surface area contributed by atoms with Crippen LogP contribution in [-0.4, -0.2) is 28.2 Å². The summed E-state index contributed by atoms with van der Waals surface area (Å²) in [5.74, 6) is -0.895. The van der Waals surface area contributed by atoms with Gasteiger partial charge in [0.25, 0.3) is 11.8 Å². The molecule has 2 amide bonds. The number of alkyl halides is 3. The van der Waals surface area contributed by atoms with Gasteiger partial charge in [-0.15, -0.1) is 0 Å². The Bertz CT molecular complexity index is 1020. The summed E-state index contributed by atoms with van der Waals surface area (Å²) < 4.78 is 43.9. The fourth-order valence-corrected chi connectivity index (χ4v) is 2.56. The SMILES string of the molecule is O=C(COc1ccccc1-c1ccccc1)NNC(=O)Cn1ccc(C(F)(F)F)n1. The minimum atomic E-state index is -4.59. The van der Waals surface area contributed by atoms with Crippen molar-refractivity contribution in [1.82, 2.24) is 20.6 Å². The Labute approximate surface area is 169 Å². The van der Waals surface area contributed by atoms with E-state index < -0.39 is 30.2 Å². The van der Waals surface area contributed by atoms with Gasteiger partial charge in [-0.1, -0.05) is 48.5 Å². The average molecular weight is 418 g/mol. The molecule has 0 saturated carbocycles. The highest BCUT2D eigenvalue weighted by Gasteiger charge is 2.33. The Morgan fingerprint density at radius 1 is 0.933 bits per heavy atom. The van der Waals surface area contributed by atoms with E-state index in [0.29, 0.717) is 5.75 Å². The number of hydrogen-bond donors (Lipinski definition) is 2. The number of amides is 2. The third-order valence-corrected chi connectivity index (χ3v) is 3.91. The third kappa shape index (κ3) is 5.60. The second kappa shape index (κ2) is 9.12. The molecule has 30 heavy (non-hydrogen) atoms. The molecule has 10 heteroatoms. The van der Waals surface area contributed by atoms with Gasteiger partial charge in [0.15, 0.2) is 12.3 Å². The van der Waals surface area contributed by atoms with Crippen LogP contribution < -0.4 is 15.6 Å². The second-order valence-electron chi connectivity index (χ2n) is 6.14. The molecule has 1 aromatic heterocycles. The number of halogens is 3. The number of carbonyl (C=O) groups is 2. The van der Waals surface area contributed by atoms with Crippen molar-refractivity contribution in [2.75, 3.05) is 6.61 Å². The quantitative estimate of drug-likeness (QED) is 0.603. The maximum atomic E-state index is 12.5. The largest absolute Gasteiger partial charge is 0.483 e. The lowest BCUT2D eigenvalue weighted by Gasteiger charge is -2.12. The Morgan fingerprint density at radius 2 is 1.60 bits per heavy atom. The summed E-state index contributed by atoms with van der Waals surface area (Å²) in [4.78, 5) is 23.7. The number of ether oxygens (including phenoxy) is 1. The molecule has 7 nitrogen and oxygen atoms in total. The fraction of sp³-hybridized carbons (Fsp3) is 0.150. The first-order valence-electron chi connectivity index (χ1n) is 8.78. The van der Waals surface area contributed by atoms with Gasteiger partial charge in [0.2, 0.25) is 0 Å². The van der Waals surface area contributed by atoms with E-state index >= 15 is 0 Å². The van der Waals surface area contributed by atoms with E-state index in [9.17, 15) is 22.8 Å². The van der Waals surface area contributed by atoms with Crippen LogP contribution in [0.1, 0.15) is 5.69 Å². The molecule has 3 rings (SSSR count). The number of aromatic nitrogens is 2. The van der Waals surface area contributed by atoms with Crippen molar-refractivity contribution in [3.8, 4) is 16.9 Å². The van der Waals surface area contributed by atoms with Gasteiger partial charge in [0, 0.05) is 11.8 Å². The number of nitrogens with zero attached hydrogens (tertiary/aromatic N) is 2. The van der Waals surface area contributed by atoms with Crippen LogP contribution in [0, 0.1) is 0 Å². The molecule has 0 aliphatic carbocycles. The molecule has 0 atom stereocenters. The van der Waals surface area contributed by atoms with E-state index in [4.69, 9.17) is 4.74 Å². The molecule has 156 valence electrons. The van der Waals surface area contributed by atoms with Crippen molar-refractivity contribution < 1.29 is 27.5 Å². The topological polar surface area (TPSA) is 85.3 Å². The molecule has 1 heterocycles. The van der Waals surface area contributed by atoms with Gasteiger partial charge in [0.05, 0.1) is 0 Å². The summed E-state index contributed by atoms with van der Waals surface area (Å²) in [6.45, 7) is -0.863. The van der Waals surface area contributed by atoms with Gasteiger partial charge in [-0.2, -0.15) is 18.3 Å². The van der Waals surface area contributed by atoms with Crippen molar-refractivity contribution in [3.63, 3.8) is 0 Å². The summed E-state index contributed by atoms with van der Waals surface area (Å²) >= 11 is 0. The highest BCUT2D eigenvalue weighted by Crippen LogP contribution is 2.29. The van der Waals surface area contributed by atoms with E-state index in [1.807, 2.05) is 42.5 Å². The smallest absolute Gasteiger partial charge is 0.435 e. The second-order valence-corrected chi connectivity index (χ2v) is 6.14. The zero-order chi connectivity index (χ0) is 21.6. The predicted octanol–water partition coefficient (Wildman–Crippen LogP) is 2.80. The highest BCUT2D eigenvalue weighted by atomic mass is 19.4. The van der Waals surface area contributed by atoms with E-state index in [0.717, 1.165) is 28.1 Å². The monoisotopic (exact) mass is 418 g/mol. The standard InChI is InChI=1S/C20H17F3N4O3/c21-20(22,23)17-10-11-27(26-17)12-18(28)24-25-19(29)13-30-16-9-5-4-8-15(16)14-6-2-1-3-7-14/h1-11H,12-13H2,(H,24,28)(H,25,29). The molecule has 0 bridgehead atoms. The van der Waals surface area contributed by atoms with Crippen molar-refractivity contribution in [2.24, 2.45) is 0 Å². The normalized spacial score (nSPS) is 11.0. The number of nitrogens with one attached hydrogen (secondary N) is 2. The van der Waals surface area contributed by atoms with Crippen molar-refractivity contribution >= 4 is 11.8 Å². The molecule has 2 aromatic carbocycles. The average Bonchev–Trinajstić information content (AvgIpc) is 3.20. The Morgan fingerprint density at radius 3 is 2.30 bits per heavy atom. The first kappa shape index (κ1) is 20.9. The van der Waals surface area contributed by atoms with Crippen molar-refractivity contribution in [2.45, 2.75) is 12.7 Å². The zero-order valence-electron chi connectivity index (χ0n) is 15.5. The van der Waals surface area contributed by atoms with E-state index in [2.05, 4.69) is 16.0 Å². The molecule has 0 radical (unpaired) electrons. The van der Waals surface area contributed by atoms with Gasteiger partial charge in [-0.05, 0) is 17.7 Å². The fourth-order valence-electron chi connectivity index (χ4n) is 2.56. The third-order valence-electron chi connectivity index (χ3n) is 3.91. The molecular formula is C20H17F3N4O3. The molecule has 0 unspecified atom stereocenters. The van der Waals surface area contributed by atoms with Crippen LogP contribution in [0.2, 0.25) is 0 Å².